The van der Waals surface area contributed by atoms with Crippen LogP contribution in [0.4, 0.5) is 5.69 Å². The third kappa shape index (κ3) is 5.67. The van der Waals surface area contributed by atoms with E-state index in [1.54, 1.807) is 12.1 Å². The molecule has 41 heavy (non-hydrogen) atoms. The Hall–Kier alpha value is -5.37. The van der Waals surface area contributed by atoms with Crippen LogP contribution >= 0.6 is 0 Å². The molecule has 0 bridgehead atoms. The topological polar surface area (TPSA) is 107 Å². The van der Waals surface area contributed by atoms with E-state index in [0.29, 0.717) is 24.2 Å². The number of carbonyl (C=O) groups is 5. The number of anilines is 1. The second-order valence-electron chi connectivity index (χ2n) is 9.33. The monoisotopic (exact) mass is 547 g/mol. The summed E-state index contributed by atoms with van der Waals surface area (Å²) in [5.74, 6) is -2.84. The minimum absolute atomic E-state index is 0.0352. The molecule has 0 spiro atoms. The SMILES string of the molecule is CCCOC(=O)c1ccc(N2C(=O)c3ccc(C(=O)OCC(=O)c4ccc(-c5ccccc5)cc4)cc3C2=O)cc1. The van der Waals surface area contributed by atoms with Crippen LogP contribution in [0, 0.1) is 0 Å². The lowest BCUT2D eigenvalue weighted by Crippen LogP contribution is -2.29. The maximum Gasteiger partial charge on any atom is 0.338 e. The van der Waals surface area contributed by atoms with Gasteiger partial charge >= 0.3 is 11.9 Å². The van der Waals surface area contributed by atoms with E-state index in [4.69, 9.17) is 9.47 Å². The molecule has 0 saturated carbocycles. The summed E-state index contributed by atoms with van der Waals surface area (Å²) in [7, 11) is 0. The van der Waals surface area contributed by atoms with E-state index in [2.05, 4.69) is 0 Å². The van der Waals surface area contributed by atoms with Crippen LogP contribution in [0.2, 0.25) is 0 Å². The molecule has 2 amide bonds. The number of nitrogens with zero attached hydrogens (tertiary/aromatic N) is 1. The third-order valence-corrected chi connectivity index (χ3v) is 6.57. The van der Waals surface area contributed by atoms with Crippen LogP contribution in [-0.2, 0) is 9.47 Å². The second-order valence-corrected chi connectivity index (χ2v) is 9.33. The predicted molar refractivity (Wildman–Crippen MR) is 151 cm³/mol. The van der Waals surface area contributed by atoms with Crippen LogP contribution in [0.15, 0.2) is 97.1 Å². The van der Waals surface area contributed by atoms with Crippen molar-refractivity contribution in [2.24, 2.45) is 0 Å². The highest BCUT2D eigenvalue weighted by atomic mass is 16.5. The van der Waals surface area contributed by atoms with Crippen molar-refractivity contribution >= 4 is 35.2 Å². The fourth-order valence-electron chi connectivity index (χ4n) is 4.40. The summed E-state index contributed by atoms with van der Waals surface area (Å²) in [6.07, 6.45) is 0.688. The Kier molecular flexibility index (Phi) is 7.83. The molecule has 0 N–H and O–H groups in total. The van der Waals surface area contributed by atoms with Gasteiger partial charge in [0.15, 0.2) is 12.4 Å². The summed E-state index contributed by atoms with van der Waals surface area (Å²) in [4.78, 5) is 64.5. The maximum absolute atomic E-state index is 13.1. The molecule has 0 aromatic heterocycles. The van der Waals surface area contributed by atoms with Crippen molar-refractivity contribution < 1.29 is 33.4 Å². The molecule has 4 aromatic rings. The summed E-state index contributed by atoms with van der Waals surface area (Å²) < 4.78 is 10.3. The normalized spacial score (nSPS) is 12.2. The summed E-state index contributed by atoms with van der Waals surface area (Å²) in [6, 6.07) is 26.7. The Morgan fingerprint density at radius 3 is 1.90 bits per heavy atom. The number of esters is 2. The zero-order valence-corrected chi connectivity index (χ0v) is 22.2. The molecular weight excluding hydrogens is 522 g/mol. The lowest BCUT2D eigenvalue weighted by atomic mass is 10.0. The Labute approximate surface area is 236 Å². The van der Waals surface area contributed by atoms with E-state index in [1.165, 1.54) is 42.5 Å². The second kappa shape index (κ2) is 11.8. The number of rotatable bonds is 9. The first-order valence-electron chi connectivity index (χ1n) is 13.0. The van der Waals surface area contributed by atoms with Crippen molar-refractivity contribution in [3.63, 3.8) is 0 Å². The van der Waals surface area contributed by atoms with Gasteiger partial charge in [-0.15, -0.1) is 0 Å². The number of amides is 2. The van der Waals surface area contributed by atoms with Gasteiger partial charge in [0.1, 0.15) is 0 Å². The first-order chi connectivity index (χ1) is 19.9. The minimum atomic E-state index is -0.796. The average molecular weight is 548 g/mol. The van der Waals surface area contributed by atoms with Crippen molar-refractivity contribution in [3.05, 3.63) is 125 Å². The van der Waals surface area contributed by atoms with Gasteiger partial charge in [0.05, 0.1) is 34.5 Å². The van der Waals surface area contributed by atoms with Gasteiger partial charge in [0.25, 0.3) is 11.8 Å². The molecule has 8 nitrogen and oxygen atoms in total. The Morgan fingerprint density at radius 1 is 0.634 bits per heavy atom. The zero-order chi connectivity index (χ0) is 28.9. The number of ether oxygens (including phenoxy) is 2. The van der Waals surface area contributed by atoms with E-state index in [1.807, 2.05) is 49.4 Å². The molecule has 204 valence electrons. The van der Waals surface area contributed by atoms with Crippen molar-refractivity contribution in [2.45, 2.75) is 13.3 Å². The standard InChI is InChI=1S/C33H25NO7/c1-2-18-40-32(38)24-12-15-26(16-13-24)34-30(36)27-17-14-25(19-28(27)31(34)37)33(39)41-20-29(35)23-10-8-22(9-11-23)21-6-4-3-5-7-21/h3-17,19H,2,18,20H2,1H3. The maximum atomic E-state index is 13.1. The number of hydrogen-bond donors (Lipinski definition) is 0. The highest BCUT2D eigenvalue weighted by Crippen LogP contribution is 2.30. The summed E-state index contributed by atoms with van der Waals surface area (Å²) >= 11 is 0. The highest BCUT2D eigenvalue weighted by molar-refractivity contribution is 6.34. The summed E-state index contributed by atoms with van der Waals surface area (Å²) in [5.41, 5.74) is 3.15. The van der Waals surface area contributed by atoms with Gasteiger partial charge in [0, 0.05) is 5.56 Å². The van der Waals surface area contributed by atoms with Crippen molar-refractivity contribution in [1.29, 1.82) is 0 Å². The Bertz CT molecular complexity index is 1640. The van der Waals surface area contributed by atoms with Crippen LogP contribution in [0.25, 0.3) is 11.1 Å². The van der Waals surface area contributed by atoms with Crippen LogP contribution in [0.5, 0.6) is 0 Å². The molecule has 0 radical (unpaired) electrons. The summed E-state index contributed by atoms with van der Waals surface area (Å²) in [5, 5.41) is 0. The van der Waals surface area contributed by atoms with Gasteiger partial charge in [-0.2, -0.15) is 0 Å². The molecule has 1 heterocycles. The Balaban J connectivity index is 1.24. The molecular formula is C33H25NO7. The molecule has 0 fully saturated rings. The molecule has 1 aliphatic rings. The first kappa shape index (κ1) is 27.2. The molecule has 1 aliphatic heterocycles. The third-order valence-electron chi connectivity index (χ3n) is 6.57. The number of Topliss-reactive ketones (excluding diaryl/α,β-unsaturated/α-hetero) is 1. The minimum Gasteiger partial charge on any atom is -0.462 e. The number of ketones is 1. The van der Waals surface area contributed by atoms with Crippen LogP contribution < -0.4 is 4.90 Å². The quantitative estimate of drug-likeness (QED) is 0.149. The molecule has 4 aromatic carbocycles. The van der Waals surface area contributed by atoms with E-state index < -0.39 is 30.4 Å². The van der Waals surface area contributed by atoms with Crippen molar-refractivity contribution in [1.82, 2.24) is 0 Å². The van der Waals surface area contributed by atoms with E-state index in [-0.39, 0.29) is 28.2 Å². The number of hydrogen-bond acceptors (Lipinski definition) is 7. The van der Waals surface area contributed by atoms with Crippen LogP contribution in [0.1, 0.15) is 65.1 Å². The van der Waals surface area contributed by atoms with Gasteiger partial charge in [0.2, 0.25) is 0 Å². The number of benzene rings is 4. The largest absolute Gasteiger partial charge is 0.462 e. The van der Waals surface area contributed by atoms with Crippen molar-refractivity contribution in [2.75, 3.05) is 18.1 Å². The van der Waals surface area contributed by atoms with E-state index in [0.717, 1.165) is 16.0 Å². The van der Waals surface area contributed by atoms with Crippen LogP contribution in [-0.4, -0.2) is 42.7 Å². The van der Waals surface area contributed by atoms with E-state index >= 15 is 0 Å². The van der Waals surface area contributed by atoms with Gasteiger partial charge in [-0.3, -0.25) is 14.4 Å². The average Bonchev–Trinajstić information content (AvgIpc) is 3.27. The highest BCUT2D eigenvalue weighted by Gasteiger charge is 2.37. The molecule has 0 saturated heterocycles. The van der Waals surface area contributed by atoms with Gasteiger partial charge in [-0.25, -0.2) is 14.5 Å². The molecule has 0 unspecified atom stereocenters. The molecule has 0 atom stereocenters. The fourth-order valence-corrected chi connectivity index (χ4v) is 4.40. The zero-order valence-electron chi connectivity index (χ0n) is 22.2. The molecule has 8 heteroatoms. The van der Waals surface area contributed by atoms with Crippen molar-refractivity contribution in [3.8, 4) is 11.1 Å². The molecule has 0 aliphatic carbocycles. The lowest BCUT2D eigenvalue weighted by Gasteiger charge is -2.14. The van der Waals surface area contributed by atoms with Gasteiger partial charge in [-0.05, 0) is 60.0 Å². The lowest BCUT2D eigenvalue weighted by molar-refractivity contribution is 0.0474. The van der Waals surface area contributed by atoms with E-state index in [9.17, 15) is 24.0 Å². The number of imide groups is 1. The number of carbonyl (C=O) groups excluding carboxylic acids is 5. The van der Waals surface area contributed by atoms with Crippen LogP contribution in [0.3, 0.4) is 0 Å². The Morgan fingerprint density at radius 2 is 1.22 bits per heavy atom. The predicted octanol–water partition coefficient (Wildman–Crippen LogP) is 5.76. The number of fused-ring (bicyclic) bond motifs is 1. The van der Waals surface area contributed by atoms with Gasteiger partial charge < -0.3 is 9.47 Å². The molecule has 5 rings (SSSR count). The summed E-state index contributed by atoms with van der Waals surface area (Å²) in [6.45, 7) is 1.70. The fraction of sp³-hybridized carbons (Fsp3) is 0.121. The van der Waals surface area contributed by atoms with Gasteiger partial charge in [-0.1, -0.05) is 61.5 Å². The smallest absolute Gasteiger partial charge is 0.338 e. The first-order valence-corrected chi connectivity index (χ1v) is 13.0.